The SMILES string of the molecule is NCCNC(=O)c1ccc2[nH]c(=O)[nH]c2c1. The Morgan fingerprint density at radius 2 is 2.06 bits per heavy atom. The molecule has 0 aliphatic rings. The molecule has 0 radical (unpaired) electrons. The second kappa shape index (κ2) is 4.19. The van der Waals surface area contributed by atoms with Crippen molar-refractivity contribution in [2.45, 2.75) is 0 Å². The highest BCUT2D eigenvalue weighted by molar-refractivity contribution is 5.97. The van der Waals surface area contributed by atoms with Gasteiger partial charge in [0.2, 0.25) is 0 Å². The van der Waals surface area contributed by atoms with Crippen molar-refractivity contribution in [3.05, 3.63) is 34.2 Å². The molecule has 0 atom stereocenters. The minimum Gasteiger partial charge on any atom is -0.351 e. The first-order chi connectivity index (χ1) is 7.70. The molecular formula is C10H12N4O2. The van der Waals surface area contributed by atoms with Crippen LogP contribution in [0, 0.1) is 0 Å². The molecule has 2 rings (SSSR count). The summed E-state index contributed by atoms with van der Waals surface area (Å²) in [5.41, 5.74) is 6.79. The number of nitrogens with two attached hydrogens (primary N) is 1. The molecule has 1 aromatic carbocycles. The van der Waals surface area contributed by atoms with Crippen LogP contribution in [0.3, 0.4) is 0 Å². The standard InChI is InChI=1S/C10H12N4O2/c11-3-4-12-9(15)6-1-2-7-8(5-6)14-10(16)13-7/h1-2,5H,3-4,11H2,(H,12,15)(H2,13,14,16). The zero-order valence-corrected chi connectivity index (χ0v) is 8.54. The van der Waals surface area contributed by atoms with Crippen molar-refractivity contribution in [1.29, 1.82) is 0 Å². The van der Waals surface area contributed by atoms with Gasteiger partial charge < -0.3 is 21.0 Å². The summed E-state index contributed by atoms with van der Waals surface area (Å²) in [5.74, 6) is -0.200. The molecule has 1 aromatic heterocycles. The summed E-state index contributed by atoms with van der Waals surface area (Å²) in [5, 5.41) is 2.65. The molecule has 0 fully saturated rings. The lowest BCUT2D eigenvalue weighted by molar-refractivity contribution is 0.0955. The number of H-pyrrole nitrogens is 2. The van der Waals surface area contributed by atoms with E-state index in [2.05, 4.69) is 15.3 Å². The minimum atomic E-state index is -0.283. The second-order valence-electron chi connectivity index (χ2n) is 3.38. The molecule has 0 bridgehead atoms. The van der Waals surface area contributed by atoms with E-state index < -0.39 is 0 Å². The fraction of sp³-hybridized carbons (Fsp3) is 0.200. The van der Waals surface area contributed by atoms with E-state index in [1.165, 1.54) is 0 Å². The Morgan fingerprint density at radius 3 is 2.81 bits per heavy atom. The highest BCUT2D eigenvalue weighted by atomic mass is 16.2. The van der Waals surface area contributed by atoms with E-state index in [9.17, 15) is 9.59 Å². The number of rotatable bonds is 3. The number of fused-ring (bicyclic) bond motifs is 1. The van der Waals surface area contributed by atoms with Gasteiger partial charge in [0.15, 0.2) is 0 Å². The Hall–Kier alpha value is -2.08. The normalized spacial score (nSPS) is 10.6. The highest BCUT2D eigenvalue weighted by Crippen LogP contribution is 2.09. The molecule has 0 unspecified atom stereocenters. The number of carbonyl (C=O) groups excluding carboxylic acids is 1. The van der Waals surface area contributed by atoms with Gasteiger partial charge in [-0.25, -0.2) is 4.79 Å². The Kier molecular flexibility index (Phi) is 2.74. The van der Waals surface area contributed by atoms with Gasteiger partial charge in [-0.15, -0.1) is 0 Å². The smallest absolute Gasteiger partial charge is 0.323 e. The van der Waals surface area contributed by atoms with Crippen molar-refractivity contribution < 1.29 is 4.79 Å². The lowest BCUT2D eigenvalue weighted by Crippen LogP contribution is -2.28. The fourth-order valence-corrected chi connectivity index (χ4v) is 1.46. The number of imidazole rings is 1. The fourth-order valence-electron chi connectivity index (χ4n) is 1.46. The van der Waals surface area contributed by atoms with Crippen molar-refractivity contribution in [2.75, 3.05) is 13.1 Å². The maximum atomic E-state index is 11.6. The summed E-state index contributed by atoms with van der Waals surface area (Å²) in [6, 6.07) is 4.96. The summed E-state index contributed by atoms with van der Waals surface area (Å²) >= 11 is 0. The lowest BCUT2D eigenvalue weighted by Gasteiger charge is -2.02. The number of carbonyl (C=O) groups is 1. The molecule has 5 N–H and O–H groups in total. The molecule has 6 nitrogen and oxygen atoms in total. The van der Waals surface area contributed by atoms with Gasteiger partial charge in [0, 0.05) is 18.7 Å². The number of aromatic amines is 2. The zero-order valence-electron chi connectivity index (χ0n) is 8.54. The van der Waals surface area contributed by atoms with Crippen molar-refractivity contribution in [3.63, 3.8) is 0 Å². The third-order valence-corrected chi connectivity index (χ3v) is 2.21. The van der Waals surface area contributed by atoms with E-state index in [-0.39, 0.29) is 11.6 Å². The average molecular weight is 220 g/mol. The van der Waals surface area contributed by atoms with Crippen LogP contribution in [0.4, 0.5) is 0 Å². The molecule has 1 heterocycles. The van der Waals surface area contributed by atoms with Gasteiger partial charge in [-0.05, 0) is 18.2 Å². The summed E-state index contributed by atoms with van der Waals surface area (Å²) in [6.45, 7) is 0.829. The molecule has 0 saturated carbocycles. The summed E-state index contributed by atoms with van der Waals surface area (Å²) < 4.78 is 0. The van der Waals surface area contributed by atoms with Crippen molar-refractivity contribution in [3.8, 4) is 0 Å². The first-order valence-electron chi connectivity index (χ1n) is 4.91. The van der Waals surface area contributed by atoms with Crippen LogP contribution in [0.1, 0.15) is 10.4 Å². The third kappa shape index (κ3) is 1.96. The maximum Gasteiger partial charge on any atom is 0.323 e. The highest BCUT2D eigenvalue weighted by Gasteiger charge is 2.06. The number of hydrogen-bond acceptors (Lipinski definition) is 3. The van der Waals surface area contributed by atoms with Crippen LogP contribution < -0.4 is 16.7 Å². The Bertz CT molecular complexity index is 569. The monoisotopic (exact) mass is 220 g/mol. The number of hydrogen-bond donors (Lipinski definition) is 4. The van der Waals surface area contributed by atoms with Crippen LogP contribution in [0.2, 0.25) is 0 Å². The summed E-state index contributed by atoms with van der Waals surface area (Å²) in [6.07, 6.45) is 0. The molecule has 6 heteroatoms. The Balaban J connectivity index is 2.31. The number of aromatic nitrogens is 2. The topological polar surface area (TPSA) is 104 Å². The van der Waals surface area contributed by atoms with Gasteiger partial charge in [-0.3, -0.25) is 4.79 Å². The largest absolute Gasteiger partial charge is 0.351 e. The zero-order chi connectivity index (χ0) is 11.5. The van der Waals surface area contributed by atoms with Gasteiger partial charge in [0.1, 0.15) is 0 Å². The average Bonchev–Trinajstić information content (AvgIpc) is 2.64. The van der Waals surface area contributed by atoms with Gasteiger partial charge in [-0.2, -0.15) is 0 Å². The van der Waals surface area contributed by atoms with Crippen molar-refractivity contribution >= 4 is 16.9 Å². The molecule has 84 valence electrons. The van der Waals surface area contributed by atoms with E-state index >= 15 is 0 Å². The van der Waals surface area contributed by atoms with Gasteiger partial charge >= 0.3 is 5.69 Å². The van der Waals surface area contributed by atoms with Crippen LogP contribution >= 0.6 is 0 Å². The van der Waals surface area contributed by atoms with Crippen molar-refractivity contribution in [2.24, 2.45) is 5.73 Å². The van der Waals surface area contributed by atoms with E-state index in [0.29, 0.717) is 29.7 Å². The number of nitrogens with one attached hydrogen (secondary N) is 3. The predicted octanol–water partition coefficient (Wildman–Crippen LogP) is -0.455. The number of amides is 1. The molecule has 0 saturated heterocycles. The van der Waals surface area contributed by atoms with Crippen LogP contribution in [-0.4, -0.2) is 29.0 Å². The molecular weight excluding hydrogens is 208 g/mol. The molecule has 2 aromatic rings. The van der Waals surface area contributed by atoms with E-state index in [0.717, 1.165) is 0 Å². The predicted molar refractivity (Wildman–Crippen MR) is 60.3 cm³/mol. The maximum absolute atomic E-state index is 11.6. The Morgan fingerprint density at radius 1 is 1.31 bits per heavy atom. The minimum absolute atomic E-state index is 0.200. The van der Waals surface area contributed by atoms with Crippen LogP contribution in [-0.2, 0) is 0 Å². The van der Waals surface area contributed by atoms with Crippen LogP contribution in [0.5, 0.6) is 0 Å². The lowest BCUT2D eigenvalue weighted by atomic mass is 10.2. The van der Waals surface area contributed by atoms with E-state index in [1.54, 1.807) is 18.2 Å². The molecule has 1 amide bonds. The Labute approximate surface area is 90.8 Å². The molecule has 0 aliphatic heterocycles. The van der Waals surface area contributed by atoms with Crippen LogP contribution in [0.25, 0.3) is 11.0 Å². The molecule has 16 heavy (non-hydrogen) atoms. The van der Waals surface area contributed by atoms with Gasteiger partial charge in [0.25, 0.3) is 5.91 Å². The molecule has 0 aliphatic carbocycles. The third-order valence-electron chi connectivity index (χ3n) is 2.21. The van der Waals surface area contributed by atoms with Gasteiger partial charge in [0.05, 0.1) is 11.0 Å². The first-order valence-corrected chi connectivity index (χ1v) is 4.91. The second-order valence-corrected chi connectivity index (χ2v) is 3.38. The molecule has 0 spiro atoms. The van der Waals surface area contributed by atoms with Crippen LogP contribution in [0.15, 0.2) is 23.0 Å². The van der Waals surface area contributed by atoms with Crippen molar-refractivity contribution in [1.82, 2.24) is 15.3 Å². The first kappa shape index (κ1) is 10.4. The summed E-state index contributed by atoms with van der Waals surface area (Å²) in [4.78, 5) is 27.8. The quantitative estimate of drug-likeness (QED) is 0.563. The summed E-state index contributed by atoms with van der Waals surface area (Å²) in [7, 11) is 0. The van der Waals surface area contributed by atoms with E-state index in [4.69, 9.17) is 5.73 Å². The van der Waals surface area contributed by atoms with Gasteiger partial charge in [-0.1, -0.05) is 0 Å². The number of benzene rings is 1. The van der Waals surface area contributed by atoms with E-state index in [1.807, 2.05) is 0 Å².